The van der Waals surface area contributed by atoms with Crippen LogP contribution in [-0.2, 0) is 11.3 Å². The van der Waals surface area contributed by atoms with Crippen molar-refractivity contribution in [3.8, 4) is 11.8 Å². The number of carbonyl (C=O) groups excluding carboxylic acids is 1. The van der Waals surface area contributed by atoms with Crippen LogP contribution in [-0.4, -0.2) is 38.1 Å². The van der Waals surface area contributed by atoms with Gasteiger partial charge in [-0.3, -0.25) is 4.79 Å². The van der Waals surface area contributed by atoms with Crippen LogP contribution in [0.15, 0.2) is 36.4 Å². The molecule has 0 fully saturated rings. The van der Waals surface area contributed by atoms with Gasteiger partial charge in [0.15, 0.2) is 0 Å². The molecular formula is C18H21N3O2. The molecule has 0 aliphatic rings. The van der Waals surface area contributed by atoms with Crippen LogP contribution in [0.1, 0.15) is 12.0 Å². The summed E-state index contributed by atoms with van der Waals surface area (Å²) in [5, 5.41) is 13.5. The lowest BCUT2D eigenvalue weighted by molar-refractivity contribution is -0.120. The lowest BCUT2D eigenvalue weighted by Crippen LogP contribution is -2.23. The summed E-state index contributed by atoms with van der Waals surface area (Å²) < 4.78 is 5.89. The van der Waals surface area contributed by atoms with Crippen LogP contribution in [0.2, 0.25) is 0 Å². The fraction of sp³-hybridized carbons (Fsp3) is 0.333. The molecule has 0 aliphatic carbocycles. The smallest absolute Gasteiger partial charge is 0.234 e. The van der Waals surface area contributed by atoms with Gasteiger partial charge in [0.1, 0.15) is 18.8 Å². The first-order valence-electron chi connectivity index (χ1n) is 7.53. The number of nitrogens with one attached hydrogen (secondary N) is 1. The monoisotopic (exact) mass is 311 g/mol. The minimum absolute atomic E-state index is 0.137. The number of likely N-dealkylation sites (N-methyl/N-ethyl adjacent to an activating group) is 1. The Bertz CT molecular complexity index is 720. The number of hydrogen-bond acceptors (Lipinski definition) is 4. The molecule has 5 heteroatoms. The van der Waals surface area contributed by atoms with Gasteiger partial charge < -0.3 is 15.0 Å². The predicted molar refractivity (Wildman–Crippen MR) is 90.1 cm³/mol. The summed E-state index contributed by atoms with van der Waals surface area (Å²) in [6.07, 6.45) is -0.137. The first-order chi connectivity index (χ1) is 11.1. The molecular weight excluding hydrogens is 290 g/mol. The summed E-state index contributed by atoms with van der Waals surface area (Å²) in [4.78, 5) is 13.6. The summed E-state index contributed by atoms with van der Waals surface area (Å²) in [5.41, 5.74) is 0.938. The third-order valence-corrected chi connectivity index (χ3v) is 3.50. The number of nitrogens with zero attached hydrogens (tertiary/aromatic N) is 2. The summed E-state index contributed by atoms with van der Waals surface area (Å²) >= 11 is 0. The fourth-order valence-corrected chi connectivity index (χ4v) is 2.29. The molecule has 1 amide bonds. The maximum absolute atomic E-state index is 11.6. The predicted octanol–water partition coefficient (Wildman–Crippen LogP) is 2.31. The molecule has 2 aromatic carbocycles. The van der Waals surface area contributed by atoms with Gasteiger partial charge in [-0.15, -0.1) is 0 Å². The highest BCUT2D eigenvalue weighted by Gasteiger charge is 2.10. The first kappa shape index (κ1) is 16.8. The second kappa shape index (κ2) is 8.16. The third-order valence-electron chi connectivity index (χ3n) is 3.50. The molecule has 23 heavy (non-hydrogen) atoms. The number of amides is 1. The van der Waals surface area contributed by atoms with Crippen LogP contribution in [0.3, 0.4) is 0 Å². The van der Waals surface area contributed by atoms with E-state index in [1.807, 2.05) is 56.6 Å². The average Bonchev–Trinajstić information content (AvgIpc) is 2.53. The topological polar surface area (TPSA) is 65.4 Å². The Morgan fingerprint density at radius 2 is 2.04 bits per heavy atom. The van der Waals surface area contributed by atoms with Crippen molar-refractivity contribution >= 4 is 16.7 Å². The number of ether oxygens (including phenoxy) is 1. The number of hydrogen-bond donors (Lipinski definition) is 1. The average molecular weight is 311 g/mol. The van der Waals surface area contributed by atoms with Gasteiger partial charge >= 0.3 is 0 Å². The summed E-state index contributed by atoms with van der Waals surface area (Å²) in [6.45, 7) is 1.73. The maximum atomic E-state index is 11.6. The molecule has 0 spiro atoms. The number of fused-ring (bicyclic) bond motifs is 1. The van der Waals surface area contributed by atoms with E-state index < -0.39 is 0 Å². The molecule has 120 valence electrons. The Morgan fingerprint density at radius 1 is 1.26 bits per heavy atom. The van der Waals surface area contributed by atoms with Crippen molar-refractivity contribution in [1.82, 2.24) is 10.2 Å². The molecule has 2 rings (SSSR count). The van der Waals surface area contributed by atoms with E-state index in [1.165, 1.54) is 0 Å². The van der Waals surface area contributed by atoms with Crippen molar-refractivity contribution in [1.29, 1.82) is 5.26 Å². The van der Waals surface area contributed by atoms with Crippen molar-refractivity contribution in [2.24, 2.45) is 0 Å². The standard InChI is InChI=1S/C18H21N3O2/c1-21(2)11-12-23-17-8-7-14-5-3-4-6-15(14)16(17)13-20-18(22)9-10-19/h3-8H,9,11-13H2,1-2H3,(H,20,22). The van der Waals surface area contributed by atoms with Gasteiger partial charge in [-0.2, -0.15) is 5.26 Å². The van der Waals surface area contributed by atoms with Gasteiger partial charge in [0.05, 0.1) is 6.07 Å². The van der Waals surface area contributed by atoms with Crippen LogP contribution in [0.4, 0.5) is 0 Å². The third kappa shape index (κ3) is 4.70. The Balaban J connectivity index is 2.24. The molecule has 0 radical (unpaired) electrons. The fourth-order valence-electron chi connectivity index (χ4n) is 2.29. The first-order valence-corrected chi connectivity index (χ1v) is 7.53. The molecule has 5 nitrogen and oxygen atoms in total. The van der Waals surface area contributed by atoms with Crippen molar-refractivity contribution < 1.29 is 9.53 Å². The Kier molecular flexibility index (Phi) is 5.95. The largest absolute Gasteiger partial charge is 0.492 e. The Hall–Kier alpha value is -2.58. The molecule has 2 aromatic rings. The lowest BCUT2D eigenvalue weighted by Gasteiger charge is -2.16. The van der Waals surface area contributed by atoms with Gasteiger partial charge in [0, 0.05) is 18.7 Å². The Morgan fingerprint density at radius 3 is 2.78 bits per heavy atom. The van der Waals surface area contributed by atoms with E-state index in [2.05, 4.69) is 10.2 Å². The molecule has 0 heterocycles. The zero-order valence-corrected chi connectivity index (χ0v) is 13.5. The van der Waals surface area contributed by atoms with E-state index in [0.29, 0.717) is 13.2 Å². The quantitative estimate of drug-likeness (QED) is 0.852. The highest BCUT2D eigenvalue weighted by Crippen LogP contribution is 2.28. The van der Waals surface area contributed by atoms with Gasteiger partial charge in [0.25, 0.3) is 0 Å². The van der Waals surface area contributed by atoms with Crippen molar-refractivity contribution in [3.05, 3.63) is 42.0 Å². The number of nitriles is 1. The van der Waals surface area contributed by atoms with Gasteiger partial charge in [-0.1, -0.05) is 30.3 Å². The van der Waals surface area contributed by atoms with Crippen LogP contribution in [0, 0.1) is 11.3 Å². The lowest BCUT2D eigenvalue weighted by atomic mass is 10.0. The second-order valence-electron chi connectivity index (χ2n) is 5.53. The highest BCUT2D eigenvalue weighted by molar-refractivity contribution is 5.88. The molecule has 1 N–H and O–H groups in total. The molecule has 0 unspecified atom stereocenters. The minimum Gasteiger partial charge on any atom is -0.492 e. The zero-order chi connectivity index (χ0) is 16.7. The molecule has 0 saturated carbocycles. The Labute approximate surface area is 136 Å². The molecule has 0 aliphatic heterocycles. The van der Waals surface area contributed by atoms with E-state index in [9.17, 15) is 4.79 Å². The van der Waals surface area contributed by atoms with E-state index >= 15 is 0 Å². The van der Waals surface area contributed by atoms with E-state index in [-0.39, 0.29) is 12.3 Å². The second-order valence-corrected chi connectivity index (χ2v) is 5.53. The summed E-state index contributed by atoms with van der Waals surface area (Å²) in [7, 11) is 3.99. The SMILES string of the molecule is CN(C)CCOc1ccc2ccccc2c1CNC(=O)CC#N. The highest BCUT2D eigenvalue weighted by atomic mass is 16.5. The normalized spacial score (nSPS) is 10.5. The molecule has 0 aromatic heterocycles. The summed E-state index contributed by atoms with van der Waals surface area (Å²) in [6, 6.07) is 13.8. The van der Waals surface area contributed by atoms with E-state index in [0.717, 1.165) is 28.6 Å². The van der Waals surface area contributed by atoms with Crippen LogP contribution in [0.25, 0.3) is 10.8 Å². The van der Waals surface area contributed by atoms with E-state index in [4.69, 9.17) is 10.00 Å². The maximum Gasteiger partial charge on any atom is 0.234 e. The molecule has 0 bridgehead atoms. The van der Waals surface area contributed by atoms with Gasteiger partial charge in [-0.25, -0.2) is 0 Å². The van der Waals surface area contributed by atoms with Gasteiger partial charge in [-0.05, 0) is 30.9 Å². The summed E-state index contributed by atoms with van der Waals surface area (Å²) in [5.74, 6) is 0.488. The van der Waals surface area contributed by atoms with Crippen LogP contribution < -0.4 is 10.1 Å². The van der Waals surface area contributed by atoms with Crippen molar-refractivity contribution in [2.45, 2.75) is 13.0 Å². The van der Waals surface area contributed by atoms with Crippen molar-refractivity contribution in [3.63, 3.8) is 0 Å². The molecule has 0 atom stereocenters. The van der Waals surface area contributed by atoms with E-state index in [1.54, 1.807) is 0 Å². The number of carbonyl (C=O) groups is 1. The molecule has 0 saturated heterocycles. The number of benzene rings is 2. The van der Waals surface area contributed by atoms with Crippen LogP contribution in [0.5, 0.6) is 5.75 Å². The minimum atomic E-state index is -0.278. The number of rotatable bonds is 7. The van der Waals surface area contributed by atoms with Crippen molar-refractivity contribution in [2.75, 3.05) is 27.2 Å². The van der Waals surface area contributed by atoms with Crippen LogP contribution >= 0.6 is 0 Å². The zero-order valence-electron chi connectivity index (χ0n) is 13.5. The van der Waals surface area contributed by atoms with Gasteiger partial charge in [0.2, 0.25) is 5.91 Å².